The van der Waals surface area contributed by atoms with Crippen LogP contribution >= 0.6 is 11.3 Å². The molecule has 258 valence electrons. The summed E-state index contributed by atoms with van der Waals surface area (Å²) in [6.45, 7) is 4.69. The van der Waals surface area contributed by atoms with Gasteiger partial charge in [0.1, 0.15) is 0 Å². The Morgan fingerprint density at radius 3 is 1.95 bits per heavy atom. The Bertz CT molecular complexity index is 3400. The van der Waals surface area contributed by atoms with Crippen molar-refractivity contribution < 1.29 is 0 Å². The molecule has 0 saturated carbocycles. The topological polar surface area (TPSA) is 30.7 Å². The van der Waals surface area contributed by atoms with Crippen LogP contribution in [-0.2, 0) is 5.41 Å². The molecule has 55 heavy (non-hydrogen) atoms. The molecule has 1 aliphatic carbocycles. The molecule has 0 N–H and O–H groups in total. The van der Waals surface area contributed by atoms with Crippen LogP contribution in [0.25, 0.3) is 103 Å². The Balaban J connectivity index is 1.28. The van der Waals surface area contributed by atoms with Crippen LogP contribution in [0.15, 0.2) is 164 Å². The van der Waals surface area contributed by atoms with Crippen molar-refractivity contribution in [3.05, 3.63) is 175 Å². The second-order valence-electron chi connectivity index (χ2n) is 15.3. The quantitative estimate of drug-likeness (QED) is 0.170. The molecule has 0 atom stereocenters. The van der Waals surface area contributed by atoms with Gasteiger partial charge in [0.05, 0.1) is 26.9 Å². The van der Waals surface area contributed by atoms with Crippen molar-refractivity contribution >= 4 is 75.0 Å². The van der Waals surface area contributed by atoms with Crippen molar-refractivity contribution in [1.29, 1.82) is 0 Å². The minimum Gasteiger partial charge on any atom is -0.277 e. The summed E-state index contributed by atoms with van der Waals surface area (Å²) in [4.78, 5) is 11.2. The lowest BCUT2D eigenvalue weighted by Crippen LogP contribution is -2.14. The molecule has 0 fully saturated rings. The summed E-state index contributed by atoms with van der Waals surface area (Å²) in [6, 6.07) is 59.7. The third-order valence-corrected chi connectivity index (χ3v) is 13.2. The van der Waals surface area contributed by atoms with E-state index in [0.29, 0.717) is 5.95 Å². The van der Waals surface area contributed by atoms with Crippen LogP contribution in [0.3, 0.4) is 0 Å². The van der Waals surface area contributed by atoms with Gasteiger partial charge in [0.2, 0.25) is 5.95 Å². The largest absolute Gasteiger partial charge is 0.277 e. The molecule has 0 spiro atoms. The molecule has 0 aliphatic heterocycles. The number of nitrogens with zero attached hydrogens (tertiary/aromatic N) is 3. The number of hydrogen-bond acceptors (Lipinski definition) is 3. The van der Waals surface area contributed by atoms with Crippen LogP contribution in [0.5, 0.6) is 0 Å². The van der Waals surface area contributed by atoms with Crippen molar-refractivity contribution in [2.45, 2.75) is 19.3 Å². The lowest BCUT2D eigenvalue weighted by molar-refractivity contribution is 0.660. The third kappa shape index (κ3) is 4.20. The van der Waals surface area contributed by atoms with Gasteiger partial charge in [-0.15, -0.1) is 11.3 Å². The van der Waals surface area contributed by atoms with Crippen molar-refractivity contribution in [3.63, 3.8) is 0 Å². The highest BCUT2D eigenvalue weighted by Gasteiger charge is 2.35. The average Bonchev–Trinajstić information content (AvgIpc) is 3.87. The first-order valence-electron chi connectivity index (χ1n) is 18.9. The molecule has 11 aromatic rings. The molecule has 0 radical (unpaired) electrons. The predicted molar refractivity (Wildman–Crippen MR) is 233 cm³/mol. The highest BCUT2D eigenvalue weighted by atomic mass is 32.1. The van der Waals surface area contributed by atoms with E-state index in [4.69, 9.17) is 9.97 Å². The second-order valence-corrected chi connectivity index (χ2v) is 16.3. The van der Waals surface area contributed by atoms with E-state index in [1.54, 1.807) is 11.3 Å². The minimum absolute atomic E-state index is 0.0659. The fourth-order valence-corrected chi connectivity index (χ4v) is 10.7. The average molecular weight is 720 g/mol. The van der Waals surface area contributed by atoms with E-state index in [1.165, 1.54) is 64.8 Å². The molecule has 0 amide bonds. The smallest absolute Gasteiger partial charge is 0.235 e. The number of benzene rings is 8. The maximum atomic E-state index is 5.60. The van der Waals surface area contributed by atoms with Crippen LogP contribution in [0.2, 0.25) is 0 Å². The van der Waals surface area contributed by atoms with Crippen LogP contribution in [0.1, 0.15) is 25.0 Å². The highest BCUT2D eigenvalue weighted by molar-refractivity contribution is 7.26. The van der Waals surface area contributed by atoms with Crippen LogP contribution in [-0.4, -0.2) is 14.5 Å². The molecule has 3 nitrogen and oxygen atoms in total. The van der Waals surface area contributed by atoms with Gasteiger partial charge < -0.3 is 0 Å². The van der Waals surface area contributed by atoms with Gasteiger partial charge in [-0.05, 0) is 56.1 Å². The first-order valence-corrected chi connectivity index (χ1v) is 19.7. The van der Waals surface area contributed by atoms with Gasteiger partial charge in [-0.3, -0.25) is 4.57 Å². The minimum atomic E-state index is -0.0659. The molecular formula is C51H33N3S. The van der Waals surface area contributed by atoms with E-state index >= 15 is 0 Å². The molecule has 4 heteroatoms. The molecule has 0 unspecified atom stereocenters. The van der Waals surface area contributed by atoms with Gasteiger partial charge in [-0.2, -0.15) is 0 Å². The Labute approximate surface area is 321 Å². The summed E-state index contributed by atoms with van der Waals surface area (Å²) in [5.41, 5.74) is 12.9. The Morgan fingerprint density at radius 1 is 0.473 bits per heavy atom. The number of hydrogen-bond donors (Lipinski definition) is 0. The standard InChI is InChI=1S/C51H33N3S/c1-51(2)41-25-12-10-19-35(41)40-29-31(27-28-42(40)51)32-23-14-24-39-44-36-20-8-6-17-33(36)34-18-7-9-21-37(34)48(44)54(47(32)39)50-52-45(30-15-4-3-5-16-30)49-46(53-50)38-22-11-13-26-43(38)55-49/h3-29H,1-2H3. The number of aromatic nitrogens is 3. The van der Waals surface area contributed by atoms with Crippen LogP contribution in [0, 0.1) is 0 Å². The summed E-state index contributed by atoms with van der Waals surface area (Å²) in [7, 11) is 0. The van der Waals surface area contributed by atoms with Crippen molar-refractivity contribution in [2.24, 2.45) is 0 Å². The molecule has 3 heterocycles. The highest BCUT2D eigenvalue weighted by Crippen LogP contribution is 2.51. The van der Waals surface area contributed by atoms with E-state index in [2.05, 4.69) is 182 Å². The van der Waals surface area contributed by atoms with Crippen molar-refractivity contribution in [2.75, 3.05) is 0 Å². The molecular weight excluding hydrogens is 687 g/mol. The van der Waals surface area contributed by atoms with E-state index in [1.807, 2.05) is 0 Å². The SMILES string of the molecule is CC1(C)c2ccccc2-c2cc(-c3cccc4c5c6ccccc6c6ccccc6c5n(-c5nc(-c6ccccc6)c6sc7ccccc7c6n5)c34)ccc21. The van der Waals surface area contributed by atoms with Crippen LogP contribution < -0.4 is 0 Å². The van der Waals surface area contributed by atoms with Gasteiger partial charge in [0.25, 0.3) is 0 Å². The van der Waals surface area contributed by atoms with Gasteiger partial charge in [0, 0.05) is 42.8 Å². The lowest BCUT2D eigenvalue weighted by atomic mass is 9.82. The van der Waals surface area contributed by atoms with E-state index in [0.717, 1.165) is 43.5 Å². The summed E-state index contributed by atoms with van der Waals surface area (Å²) >= 11 is 1.77. The number of thiophene rings is 1. The summed E-state index contributed by atoms with van der Waals surface area (Å²) < 4.78 is 4.70. The summed E-state index contributed by atoms with van der Waals surface area (Å²) in [5, 5.41) is 8.44. The Hall–Kier alpha value is -6.62. The zero-order valence-electron chi connectivity index (χ0n) is 30.3. The van der Waals surface area contributed by atoms with Gasteiger partial charge in [-0.1, -0.05) is 166 Å². The summed E-state index contributed by atoms with van der Waals surface area (Å²) in [6.07, 6.45) is 0. The normalized spacial score (nSPS) is 13.4. The summed E-state index contributed by atoms with van der Waals surface area (Å²) in [5.74, 6) is 0.676. The Kier molecular flexibility index (Phi) is 6.27. The molecule has 0 saturated heterocycles. The first-order chi connectivity index (χ1) is 27.1. The molecule has 1 aliphatic rings. The van der Waals surface area contributed by atoms with E-state index < -0.39 is 0 Å². The molecule has 8 aromatic carbocycles. The van der Waals surface area contributed by atoms with Gasteiger partial charge in [0.15, 0.2) is 0 Å². The predicted octanol–water partition coefficient (Wildman–Crippen LogP) is 13.9. The molecule has 0 bridgehead atoms. The van der Waals surface area contributed by atoms with Gasteiger partial charge in [-0.25, -0.2) is 9.97 Å². The second kappa shape index (κ2) is 11.2. The monoisotopic (exact) mass is 719 g/mol. The van der Waals surface area contributed by atoms with E-state index in [9.17, 15) is 0 Å². The molecule has 12 rings (SSSR count). The van der Waals surface area contributed by atoms with Crippen molar-refractivity contribution in [3.8, 4) is 39.5 Å². The maximum Gasteiger partial charge on any atom is 0.235 e. The van der Waals surface area contributed by atoms with Crippen LogP contribution in [0.4, 0.5) is 0 Å². The number of fused-ring (bicyclic) bond motifs is 14. The van der Waals surface area contributed by atoms with Crippen molar-refractivity contribution in [1.82, 2.24) is 14.5 Å². The zero-order chi connectivity index (χ0) is 36.4. The first kappa shape index (κ1) is 30.8. The Morgan fingerprint density at radius 2 is 1.11 bits per heavy atom. The maximum absolute atomic E-state index is 5.60. The lowest BCUT2D eigenvalue weighted by Gasteiger charge is -2.21. The zero-order valence-corrected chi connectivity index (χ0v) is 31.2. The van der Waals surface area contributed by atoms with E-state index in [-0.39, 0.29) is 5.41 Å². The number of rotatable bonds is 3. The third-order valence-electron chi connectivity index (χ3n) is 12.0. The fourth-order valence-electron chi connectivity index (χ4n) is 9.52. The number of para-hydroxylation sites is 1. The fraction of sp³-hybridized carbons (Fsp3) is 0.0588. The molecule has 3 aromatic heterocycles. The van der Waals surface area contributed by atoms with Gasteiger partial charge >= 0.3 is 0 Å².